The number of fused-ring (bicyclic) bond motifs is 1. The van der Waals surface area contributed by atoms with Crippen molar-refractivity contribution in [1.82, 2.24) is 4.98 Å². The van der Waals surface area contributed by atoms with Gasteiger partial charge in [-0.3, -0.25) is 9.78 Å². The number of hydrogen-bond acceptors (Lipinski definition) is 2. The maximum atomic E-state index is 13.8. The van der Waals surface area contributed by atoms with E-state index in [9.17, 15) is 9.18 Å². The second-order valence-corrected chi connectivity index (χ2v) is 8.40. The summed E-state index contributed by atoms with van der Waals surface area (Å²) in [5.74, 6) is 0.456. The Morgan fingerprint density at radius 3 is 2.69 bits per heavy atom. The van der Waals surface area contributed by atoms with Crippen LogP contribution < -0.4 is 5.32 Å². The molecule has 0 spiro atoms. The molecule has 1 aliphatic carbocycles. The monoisotopic (exact) mass is 410 g/mol. The Labute approximate surface area is 175 Å². The summed E-state index contributed by atoms with van der Waals surface area (Å²) in [6.07, 6.45) is 5.76. The third-order valence-electron chi connectivity index (χ3n) is 6.16. The number of carbonyl (C=O) groups is 1. The van der Waals surface area contributed by atoms with Crippen LogP contribution in [0.5, 0.6) is 0 Å². The van der Waals surface area contributed by atoms with Gasteiger partial charge in [-0.15, -0.1) is 0 Å². The summed E-state index contributed by atoms with van der Waals surface area (Å²) in [5.41, 5.74) is 2.73. The van der Waals surface area contributed by atoms with E-state index in [2.05, 4.69) is 10.3 Å². The van der Waals surface area contributed by atoms with Gasteiger partial charge < -0.3 is 5.32 Å². The minimum Gasteiger partial charge on any atom is -0.326 e. The van der Waals surface area contributed by atoms with E-state index in [-0.39, 0.29) is 17.6 Å². The number of pyridine rings is 1. The summed E-state index contributed by atoms with van der Waals surface area (Å²) in [7, 11) is 0. The van der Waals surface area contributed by atoms with E-state index in [1.54, 1.807) is 24.3 Å². The number of rotatable bonds is 4. The molecular formula is C24H24ClFN2O. The van der Waals surface area contributed by atoms with Gasteiger partial charge >= 0.3 is 0 Å². The molecule has 3 aromatic rings. The highest BCUT2D eigenvalue weighted by Gasteiger charge is 2.30. The molecule has 3 nitrogen and oxygen atoms in total. The quantitative estimate of drug-likeness (QED) is 0.528. The number of carbonyl (C=O) groups excluding carboxylic acids is 1. The molecule has 1 heterocycles. The van der Waals surface area contributed by atoms with Crippen LogP contribution in [0.2, 0.25) is 5.02 Å². The van der Waals surface area contributed by atoms with Gasteiger partial charge in [0, 0.05) is 28.2 Å². The number of anilines is 1. The topological polar surface area (TPSA) is 42.0 Å². The van der Waals surface area contributed by atoms with Gasteiger partial charge in [-0.25, -0.2) is 4.39 Å². The van der Waals surface area contributed by atoms with Crippen LogP contribution >= 0.6 is 11.6 Å². The Morgan fingerprint density at radius 1 is 1.14 bits per heavy atom. The van der Waals surface area contributed by atoms with Crippen molar-refractivity contribution in [2.24, 2.45) is 11.8 Å². The van der Waals surface area contributed by atoms with E-state index < -0.39 is 0 Å². The fraction of sp³-hybridized carbons (Fsp3) is 0.333. The average molecular weight is 411 g/mol. The van der Waals surface area contributed by atoms with Crippen molar-refractivity contribution in [2.75, 3.05) is 5.32 Å². The summed E-state index contributed by atoms with van der Waals surface area (Å²) >= 11 is 6.00. The highest BCUT2D eigenvalue weighted by atomic mass is 35.5. The van der Waals surface area contributed by atoms with Gasteiger partial charge in [0.1, 0.15) is 5.82 Å². The van der Waals surface area contributed by atoms with Crippen molar-refractivity contribution >= 4 is 34.1 Å². The average Bonchev–Trinajstić information content (AvgIpc) is 2.73. The smallest absolute Gasteiger partial charge is 0.227 e. The summed E-state index contributed by atoms with van der Waals surface area (Å²) < 4.78 is 13.8. The molecule has 1 amide bonds. The standard InChI is InChI=1S/C24H24ClFN2O/c1-15(24(29)28-20-4-2-3-18(25)13-20)16-5-7-17(8-6-16)21-11-12-27-23-10-9-19(26)14-22(21)23/h2-4,9-17H,5-8H2,1H3,(H,28,29). The molecular weight excluding hydrogens is 387 g/mol. The summed E-state index contributed by atoms with van der Waals surface area (Å²) in [6.45, 7) is 2.00. The second kappa shape index (κ2) is 8.50. The Balaban J connectivity index is 1.41. The van der Waals surface area contributed by atoms with Gasteiger partial charge in [-0.05, 0) is 85.5 Å². The van der Waals surface area contributed by atoms with Gasteiger partial charge in [-0.2, -0.15) is 0 Å². The van der Waals surface area contributed by atoms with Crippen LogP contribution in [0.3, 0.4) is 0 Å². The molecule has 1 aliphatic rings. The summed E-state index contributed by atoms with van der Waals surface area (Å²) in [4.78, 5) is 17.0. The lowest BCUT2D eigenvalue weighted by atomic mass is 9.73. The lowest BCUT2D eigenvalue weighted by Crippen LogP contribution is -2.29. The minimum atomic E-state index is -0.230. The van der Waals surface area contributed by atoms with Gasteiger partial charge in [0.05, 0.1) is 5.52 Å². The molecule has 29 heavy (non-hydrogen) atoms. The van der Waals surface area contributed by atoms with Gasteiger partial charge in [0.25, 0.3) is 0 Å². The molecule has 0 bridgehead atoms. The van der Waals surface area contributed by atoms with E-state index in [1.807, 2.05) is 31.3 Å². The first-order valence-electron chi connectivity index (χ1n) is 10.1. The zero-order valence-corrected chi connectivity index (χ0v) is 17.1. The van der Waals surface area contributed by atoms with Crippen molar-refractivity contribution in [3.05, 3.63) is 71.1 Å². The van der Waals surface area contributed by atoms with Crippen LogP contribution in [0, 0.1) is 17.7 Å². The number of amides is 1. The predicted octanol–water partition coefficient (Wildman–Crippen LogP) is 6.58. The molecule has 4 rings (SSSR count). The molecule has 1 aromatic heterocycles. The molecule has 0 radical (unpaired) electrons. The third-order valence-corrected chi connectivity index (χ3v) is 6.40. The first-order valence-corrected chi connectivity index (χ1v) is 10.5. The molecule has 1 fully saturated rings. The van der Waals surface area contributed by atoms with Crippen LogP contribution in [0.25, 0.3) is 10.9 Å². The molecule has 1 unspecified atom stereocenters. The molecule has 0 saturated heterocycles. The van der Waals surface area contributed by atoms with E-state index in [4.69, 9.17) is 11.6 Å². The fourth-order valence-corrected chi connectivity index (χ4v) is 4.65. The van der Waals surface area contributed by atoms with E-state index in [0.29, 0.717) is 16.9 Å². The number of aromatic nitrogens is 1. The fourth-order valence-electron chi connectivity index (χ4n) is 4.46. The van der Waals surface area contributed by atoms with Crippen molar-refractivity contribution in [3.63, 3.8) is 0 Å². The number of hydrogen-bond donors (Lipinski definition) is 1. The molecule has 150 valence electrons. The van der Waals surface area contributed by atoms with E-state index in [1.165, 1.54) is 11.6 Å². The van der Waals surface area contributed by atoms with Crippen molar-refractivity contribution < 1.29 is 9.18 Å². The largest absolute Gasteiger partial charge is 0.326 e. The van der Waals surface area contributed by atoms with Crippen molar-refractivity contribution in [3.8, 4) is 0 Å². The Kier molecular flexibility index (Phi) is 5.81. The predicted molar refractivity (Wildman–Crippen MR) is 116 cm³/mol. The summed E-state index contributed by atoms with van der Waals surface area (Å²) in [5, 5.41) is 4.49. The van der Waals surface area contributed by atoms with Crippen LogP contribution in [-0.4, -0.2) is 10.9 Å². The number of nitrogens with one attached hydrogen (secondary N) is 1. The summed E-state index contributed by atoms with van der Waals surface area (Å²) in [6, 6.07) is 14.0. The first-order chi connectivity index (χ1) is 14.0. The minimum absolute atomic E-state index is 0.0344. The molecule has 0 aliphatic heterocycles. The first kappa shape index (κ1) is 19.8. The van der Waals surface area contributed by atoms with Gasteiger partial charge in [0.2, 0.25) is 5.91 Å². The van der Waals surface area contributed by atoms with Crippen LogP contribution in [0.1, 0.15) is 44.1 Å². The number of nitrogens with zero attached hydrogens (tertiary/aromatic N) is 1. The van der Waals surface area contributed by atoms with Crippen LogP contribution in [-0.2, 0) is 4.79 Å². The van der Waals surface area contributed by atoms with Crippen molar-refractivity contribution in [1.29, 1.82) is 0 Å². The Hall–Kier alpha value is -2.46. The normalized spacial score (nSPS) is 20.4. The van der Waals surface area contributed by atoms with Gasteiger partial charge in [-0.1, -0.05) is 24.6 Å². The lowest BCUT2D eigenvalue weighted by Gasteiger charge is -2.32. The zero-order chi connectivity index (χ0) is 20.4. The molecule has 1 saturated carbocycles. The van der Waals surface area contributed by atoms with Crippen LogP contribution in [0.15, 0.2) is 54.7 Å². The zero-order valence-electron chi connectivity index (χ0n) is 16.4. The van der Waals surface area contributed by atoms with E-state index in [0.717, 1.165) is 42.3 Å². The lowest BCUT2D eigenvalue weighted by molar-refractivity contribution is -0.121. The number of halogens is 2. The maximum absolute atomic E-state index is 13.8. The Bertz CT molecular complexity index is 1030. The maximum Gasteiger partial charge on any atom is 0.227 e. The molecule has 1 N–H and O–H groups in total. The highest BCUT2D eigenvalue weighted by molar-refractivity contribution is 6.30. The second-order valence-electron chi connectivity index (χ2n) is 7.96. The highest BCUT2D eigenvalue weighted by Crippen LogP contribution is 2.41. The Morgan fingerprint density at radius 2 is 1.93 bits per heavy atom. The third kappa shape index (κ3) is 4.43. The van der Waals surface area contributed by atoms with Crippen molar-refractivity contribution in [2.45, 2.75) is 38.5 Å². The van der Waals surface area contributed by atoms with Gasteiger partial charge in [0.15, 0.2) is 0 Å². The molecule has 2 aromatic carbocycles. The molecule has 1 atom stereocenters. The number of benzene rings is 2. The van der Waals surface area contributed by atoms with Crippen LogP contribution in [0.4, 0.5) is 10.1 Å². The van der Waals surface area contributed by atoms with E-state index >= 15 is 0 Å². The SMILES string of the molecule is CC(C(=O)Nc1cccc(Cl)c1)C1CCC(c2ccnc3ccc(F)cc23)CC1. The molecule has 5 heteroatoms.